The first-order valence-electron chi connectivity index (χ1n) is 9.36. The second-order valence-corrected chi connectivity index (χ2v) is 7.07. The van der Waals surface area contributed by atoms with Gasteiger partial charge < -0.3 is 20.1 Å². The Morgan fingerprint density at radius 3 is 2.48 bits per heavy atom. The largest absolute Gasteiger partial charge is 0.495 e. The zero-order chi connectivity index (χ0) is 22.9. The summed E-state index contributed by atoms with van der Waals surface area (Å²) in [6.45, 7) is -0.675. The van der Waals surface area contributed by atoms with Gasteiger partial charge >= 0.3 is 11.7 Å². The highest BCUT2D eigenvalue weighted by molar-refractivity contribution is 6.03. The highest BCUT2D eigenvalue weighted by atomic mass is 16.5. The summed E-state index contributed by atoms with van der Waals surface area (Å²) < 4.78 is 12.0. The van der Waals surface area contributed by atoms with Crippen LogP contribution < -0.4 is 26.6 Å². The number of anilines is 2. The summed E-state index contributed by atoms with van der Waals surface area (Å²) in [7, 11) is 4.01. The van der Waals surface area contributed by atoms with Gasteiger partial charge in [-0.2, -0.15) is 0 Å². The standard InChI is InChI=1S/C20H22N4O7/c1-22-17(21)16(18(27)23(2)20(22)29)13(25)10-31-19(28)11-8-15(26)24(9-11)12-6-4-5-7-14(12)30-3/h4-7,11H,8-10,21H2,1-3H3. The van der Waals surface area contributed by atoms with Crippen LogP contribution in [0.25, 0.3) is 0 Å². The van der Waals surface area contributed by atoms with Crippen molar-refractivity contribution in [2.24, 2.45) is 20.0 Å². The van der Waals surface area contributed by atoms with Gasteiger partial charge in [0.15, 0.2) is 6.61 Å². The molecule has 1 saturated heterocycles. The molecule has 0 bridgehead atoms. The van der Waals surface area contributed by atoms with E-state index in [1.165, 1.54) is 26.1 Å². The number of carbonyl (C=O) groups excluding carboxylic acids is 3. The normalized spacial score (nSPS) is 15.8. The molecule has 1 aromatic carbocycles. The van der Waals surface area contributed by atoms with E-state index in [2.05, 4.69) is 0 Å². The minimum atomic E-state index is -0.875. The van der Waals surface area contributed by atoms with E-state index in [1.54, 1.807) is 24.3 Å². The van der Waals surface area contributed by atoms with Gasteiger partial charge in [0.05, 0.1) is 18.7 Å². The second kappa shape index (κ2) is 8.46. The minimum Gasteiger partial charge on any atom is -0.495 e. The fourth-order valence-electron chi connectivity index (χ4n) is 3.40. The second-order valence-electron chi connectivity index (χ2n) is 7.07. The first-order valence-corrected chi connectivity index (χ1v) is 9.36. The molecular formula is C20H22N4O7. The predicted molar refractivity (Wildman–Crippen MR) is 110 cm³/mol. The van der Waals surface area contributed by atoms with Crippen LogP contribution in [-0.2, 0) is 28.4 Å². The van der Waals surface area contributed by atoms with Crippen LogP contribution in [0.1, 0.15) is 16.8 Å². The van der Waals surface area contributed by atoms with Crippen LogP contribution in [0.5, 0.6) is 5.75 Å². The zero-order valence-electron chi connectivity index (χ0n) is 17.3. The Balaban J connectivity index is 1.71. The Morgan fingerprint density at radius 2 is 1.81 bits per heavy atom. The van der Waals surface area contributed by atoms with Gasteiger partial charge in [-0.15, -0.1) is 0 Å². The number of ketones is 1. The van der Waals surface area contributed by atoms with Crippen LogP contribution in [0.15, 0.2) is 33.9 Å². The van der Waals surface area contributed by atoms with Gasteiger partial charge in [-0.05, 0) is 12.1 Å². The monoisotopic (exact) mass is 430 g/mol. The van der Waals surface area contributed by atoms with Crippen LogP contribution >= 0.6 is 0 Å². The number of para-hydroxylation sites is 2. The topological polar surface area (TPSA) is 143 Å². The van der Waals surface area contributed by atoms with Crippen molar-refractivity contribution in [1.82, 2.24) is 9.13 Å². The molecule has 1 unspecified atom stereocenters. The molecule has 1 amide bonds. The van der Waals surface area contributed by atoms with E-state index >= 15 is 0 Å². The number of carbonyl (C=O) groups is 3. The molecule has 1 aliphatic heterocycles. The van der Waals surface area contributed by atoms with Gasteiger partial charge in [0.25, 0.3) is 5.56 Å². The van der Waals surface area contributed by atoms with E-state index in [9.17, 15) is 24.0 Å². The number of nitrogens with two attached hydrogens (primary N) is 1. The summed E-state index contributed by atoms with van der Waals surface area (Å²) in [5, 5.41) is 0. The maximum atomic E-state index is 12.5. The lowest BCUT2D eigenvalue weighted by atomic mass is 10.1. The Kier molecular flexibility index (Phi) is 5.95. The summed E-state index contributed by atoms with van der Waals surface area (Å²) in [5.41, 5.74) is 4.27. The lowest BCUT2D eigenvalue weighted by molar-refractivity contribution is -0.147. The molecule has 2 N–H and O–H groups in total. The van der Waals surface area contributed by atoms with Crippen molar-refractivity contribution >= 4 is 29.2 Å². The molecule has 11 heteroatoms. The lowest BCUT2D eigenvalue weighted by Gasteiger charge is -2.19. The number of nitrogen functional groups attached to an aromatic ring is 1. The van der Waals surface area contributed by atoms with Crippen LogP contribution in [0.3, 0.4) is 0 Å². The SMILES string of the molecule is COc1ccccc1N1CC(C(=O)OCC(=O)c2c(N)n(C)c(=O)n(C)c2=O)CC1=O. The third-order valence-corrected chi connectivity index (χ3v) is 5.17. The molecule has 164 valence electrons. The molecule has 31 heavy (non-hydrogen) atoms. The highest BCUT2D eigenvalue weighted by Gasteiger charge is 2.37. The Labute approximate surface area is 176 Å². The van der Waals surface area contributed by atoms with Crippen molar-refractivity contribution in [2.75, 3.05) is 30.9 Å². The summed E-state index contributed by atoms with van der Waals surface area (Å²) in [4.78, 5) is 62.9. The van der Waals surface area contributed by atoms with Gasteiger partial charge in [0.2, 0.25) is 11.7 Å². The maximum absolute atomic E-state index is 12.5. The summed E-state index contributed by atoms with van der Waals surface area (Å²) in [6, 6.07) is 6.90. The smallest absolute Gasteiger partial charge is 0.332 e. The third-order valence-electron chi connectivity index (χ3n) is 5.17. The van der Waals surface area contributed by atoms with Gasteiger partial charge in [0, 0.05) is 27.1 Å². The minimum absolute atomic E-state index is 0.0655. The Hall–Kier alpha value is -3.89. The molecule has 1 fully saturated rings. The quantitative estimate of drug-likeness (QED) is 0.475. The van der Waals surface area contributed by atoms with Crippen molar-refractivity contribution < 1.29 is 23.9 Å². The molecule has 1 atom stereocenters. The average Bonchev–Trinajstić information content (AvgIpc) is 3.16. The van der Waals surface area contributed by atoms with Crippen LogP contribution in [0.2, 0.25) is 0 Å². The number of hydrogen-bond donors (Lipinski definition) is 1. The van der Waals surface area contributed by atoms with E-state index in [0.29, 0.717) is 11.4 Å². The van der Waals surface area contributed by atoms with E-state index in [1.807, 2.05) is 0 Å². The number of hydrogen-bond acceptors (Lipinski definition) is 8. The van der Waals surface area contributed by atoms with Crippen molar-refractivity contribution in [2.45, 2.75) is 6.42 Å². The number of esters is 1. The van der Waals surface area contributed by atoms with Gasteiger partial charge in [-0.1, -0.05) is 12.1 Å². The molecule has 0 aliphatic carbocycles. The number of methoxy groups -OCH3 is 1. The number of aromatic nitrogens is 2. The summed E-state index contributed by atoms with van der Waals surface area (Å²) in [5.74, 6) is -2.49. The third kappa shape index (κ3) is 3.93. The molecule has 11 nitrogen and oxygen atoms in total. The number of rotatable bonds is 6. The highest BCUT2D eigenvalue weighted by Crippen LogP contribution is 2.33. The van der Waals surface area contributed by atoms with Crippen molar-refractivity contribution in [1.29, 1.82) is 0 Å². The van der Waals surface area contributed by atoms with Crippen LogP contribution in [0.4, 0.5) is 11.5 Å². The fraction of sp³-hybridized carbons (Fsp3) is 0.350. The van der Waals surface area contributed by atoms with Crippen molar-refractivity contribution in [3.8, 4) is 5.75 Å². The van der Waals surface area contributed by atoms with E-state index < -0.39 is 41.1 Å². The Morgan fingerprint density at radius 1 is 1.13 bits per heavy atom. The number of nitrogens with zero attached hydrogens (tertiary/aromatic N) is 3. The molecule has 1 aliphatic rings. The van der Waals surface area contributed by atoms with Gasteiger partial charge in [0.1, 0.15) is 17.1 Å². The number of benzene rings is 1. The van der Waals surface area contributed by atoms with Gasteiger partial charge in [-0.3, -0.25) is 28.3 Å². The lowest BCUT2D eigenvalue weighted by Crippen LogP contribution is -2.42. The van der Waals surface area contributed by atoms with E-state index in [4.69, 9.17) is 15.2 Å². The molecule has 0 spiro atoms. The zero-order valence-corrected chi connectivity index (χ0v) is 17.3. The maximum Gasteiger partial charge on any atom is 0.332 e. The number of amides is 1. The van der Waals surface area contributed by atoms with Crippen LogP contribution in [0, 0.1) is 5.92 Å². The molecule has 0 radical (unpaired) electrons. The van der Waals surface area contributed by atoms with Crippen molar-refractivity contribution in [3.05, 3.63) is 50.7 Å². The fourth-order valence-corrected chi connectivity index (χ4v) is 3.40. The molecule has 2 heterocycles. The van der Waals surface area contributed by atoms with Gasteiger partial charge in [-0.25, -0.2) is 4.79 Å². The molecular weight excluding hydrogens is 408 g/mol. The summed E-state index contributed by atoms with van der Waals surface area (Å²) in [6.07, 6.45) is -0.0885. The number of Topliss-reactive ketones (excluding diaryl/α,β-unsaturated/α-hetero) is 1. The summed E-state index contributed by atoms with van der Waals surface area (Å²) >= 11 is 0. The Bertz CT molecular complexity index is 1180. The number of ether oxygens (including phenoxy) is 2. The average molecular weight is 430 g/mol. The first-order chi connectivity index (χ1) is 14.7. The molecule has 3 rings (SSSR count). The van der Waals surface area contributed by atoms with E-state index in [-0.39, 0.29) is 24.7 Å². The van der Waals surface area contributed by atoms with Crippen molar-refractivity contribution in [3.63, 3.8) is 0 Å². The first kappa shape index (κ1) is 21.8. The molecule has 0 saturated carbocycles. The van der Waals surface area contributed by atoms with Crippen LogP contribution in [-0.4, -0.2) is 47.1 Å². The molecule has 1 aromatic heterocycles. The molecule has 2 aromatic rings. The predicted octanol–water partition coefficient (Wildman–Crippen LogP) is -0.546. The van der Waals surface area contributed by atoms with E-state index in [0.717, 1.165) is 9.13 Å².